The molecule has 1 fully saturated rings. The van der Waals surface area contributed by atoms with Crippen molar-refractivity contribution in [2.24, 2.45) is 0 Å². The van der Waals surface area contributed by atoms with Crippen molar-refractivity contribution < 1.29 is 37.0 Å². The molecular formula is C26H24F3N3O7S. The maximum atomic E-state index is 14.0. The first kappa shape index (κ1) is 27.8. The quantitative estimate of drug-likeness (QED) is 0.323. The van der Waals surface area contributed by atoms with Crippen LogP contribution < -0.4 is 11.2 Å². The van der Waals surface area contributed by atoms with E-state index in [9.17, 15) is 32.7 Å². The van der Waals surface area contributed by atoms with Gasteiger partial charge in [-0.1, -0.05) is 18.2 Å². The van der Waals surface area contributed by atoms with Crippen LogP contribution in [0.25, 0.3) is 21.0 Å². The minimum atomic E-state index is -4.72. The molecule has 4 aromatic rings. The van der Waals surface area contributed by atoms with Crippen LogP contribution in [0, 0.1) is 6.92 Å². The van der Waals surface area contributed by atoms with Crippen molar-refractivity contribution in [3.63, 3.8) is 0 Å². The highest BCUT2D eigenvalue weighted by atomic mass is 32.1. The monoisotopic (exact) mass is 579 g/mol. The first-order chi connectivity index (χ1) is 18.8. The van der Waals surface area contributed by atoms with Gasteiger partial charge in [0.1, 0.15) is 22.7 Å². The topological polar surface area (TPSA) is 126 Å². The number of aromatic nitrogens is 3. The molecule has 1 aliphatic rings. The predicted octanol–water partition coefficient (Wildman–Crippen LogP) is 4.53. The number of benzene rings is 1. The highest BCUT2D eigenvalue weighted by Gasteiger charge is 2.39. The maximum absolute atomic E-state index is 14.0. The lowest BCUT2D eigenvalue weighted by molar-refractivity contribution is -0.240. The molecule has 0 radical (unpaired) electrons. The number of halogens is 3. The second kappa shape index (κ2) is 10.0. The van der Waals surface area contributed by atoms with E-state index in [4.69, 9.17) is 13.9 Å². The van der Waals surface area contributed by atoms with Crippen LogP contribution in [0.5, 0.6) is 0 Å². The second-order valence-corrected chi connectivity index (χ2v) is 10.8. The van der Waals surface area contributed by atoms with E-state index in [0.29, 0.717) is 28.0 Å². The zero-order valence-corrected chi connectivity index (χ0v) is 22.3. The van der Waals surface area contributed by atoms with Crippen molar-refractivity contribution in [2.45, 2.75) is 57.8 Å². The third-order valence-corrected chi connectivity index (χ3v) is 8.16. The van der Waals surface area contributed by atoms with Crippen LogP contribution in [0.3, 0.4) is 0 Å². The fraction of sp³-hybridized carbons (Fsp3) is 0.385. The number of aryl methyl sites for hydroxylation is 1. The van der Waals surface area contributed by atoms with Crippen molar-refractivity contribution in [3.05, 3.63) is 74.3 Å². The van der Waals surface area contributed by atoms with Crippen molar-refractivity contribution in [3.8, 4) is 10.8 Å². The van der Waals surface area contributed by atoms with Gasteiger partial charge in [-0.25, -0.2) is 19.1 Å². The number of hydrogen-bond donors (Lipinski definition) is 1. The van der Waals surface area contributed by atoms with Gasteiger partial charge in [0.2, 0.25) is 5.89 Å². The molecule has 0 aliphatic carbocycles. The molecular weight excluding hydrogens is 555 g/mol. The average molecular weight is 580 g/mol. The number of hydrogen-bond acceptors (Lipinski definition) is 8. The second-order valence-electron chi connectivity index (χ2n) is 9.77. The molecule has 1 aromatic carbocycles. The lowest BCUT2D eigenvalue weighted by Gasteiger charge is -2.32. The average Bonchev–Trinajstić information content (AvgIpc) is 3.50. The highest BCUT2D eigenvalue weighted by molar-refractivity contribution is 7.22. The van der Waals surface area contributed by atoms with Gasteiger partial charge in [0.25, 0.3) is 5.56 Å². The smallest absolute Gasteiger partial charge is 0.416 e. The first-order valence-electron chi connectivity index (χ1n) is 12.2. The number of nitrogens with zero attached hydrogens (tertiary/aromatic N) is 3. The molecule has 0 amide bonds. The van der Waals surface area contributed by atoms with E-state index < -0.39 is 53.4 Å². The normalized spacial score (nSPS) is 16.7. The van der Waals surface area contributed by atoms with Gasteiger partial charge < -0.3 is 19.0 Å². The molecule has 4 heterocycles. The largest absolute Gasteiger partial charge is 0.480 e. The molecule has 212 valence electrons. The van der Waals surface area contributed by atoms with Crippen molar-refractivity contribution in [2.75, 3.05) is 6.61 Å². The van der Waals surface area contributed by atoms with Gasteiger partial charge >= 0.3 is 17.8 Å². The van der Waals surface area contributed by atoms with Gasteiger partial charge in [0.05, 0.1) is 35.2 Å². The Labute approximate surface area is 228 Å². The van der Waals surface area contributed by atoms with Crippen LogP contribution in [-0.4, -0.2) is 38.1 Å². The fourth-order valence-corrected chi connectivity index (χ4v) is 5.80. The molecule has 2 atom stereocenters. The minimum absolute atomic E-state index is 0.0230. The third-order valence-electron chi connectivity index (χ3n) is 6.86. The van der Waals surface area contributed by atoms with Crippen molar-refractivity contribution in [1.82, 2.24) is 14.1 Å². The Kier molecular flexibility index (Phi) is 6.96. The Bertz CT molecular complexity index is 1700. The third kappa shape index (κ3) is 4.65. The number of aliphatic carboxylic acids is 1. The van der Waals surface area contributed by atoms with Crippen LogP contribution in [0.2, 0.25) is 0 Å². The highest BCUT2D eigenvalue weighted by Crippen LogP contribution is 2.39. The Hall–Kier alpha value is -3.75. The molecule has 3 aromatic heterocycles. The summed E-state index contributed by atoms with van der Waals surface area (Å²) in [6, 6.07) is 4.83. The summed E-state index contributed by atoms with van der Waals surface area (Å²) >= 11 is 0.987. The molecule has 5 rings (SSSR count). The number of rotatable bonds is 8. The summed E-state index contributed by atoms with van der Waals surface area (Å²) in [5.74, 6) is -1.28. The van der Waals surface area contributed by atoms with E-state index in [2.05, 4.69) is 4.98 Å². The summed E-state index contributed by atoms with van der Waals surface area (Å²) in [5, 5.41) is 9.90. The van der Waals surface area contributed by atoms with Crippen molar-refractivity contribution >= 4 is 27.5 Å². The van der Waals surface area contributed by atoms with E-state index >= 15 is 0 Å². The molecule has 1 N–H and O–H groups in total. The van der Waals surface area contributed by atoms with Crippen LogP contribution >= 0.6 is 11.3 Å². The zero-order chi connectivity index (χ0) is 29.0. The van der Waals surface area contributed by atoms with Gasteiger partial charge in [0.15, 0.2) is 6.29 Å². The number of fused-ring (bicyclic) bond motifs is 1. The summed E-state index contributed by atoms with van der Waals surface area (Å²) < 4.78 is 60.3. The number of ether oxygens (including phenoxy) is 2. The number of alkyl halides is 3. The number of carboxylic acids is 1. The molecule has 1 aliphatic heterocycles. The van der Waals surface area contributed by atoms with Crippen LogP contribution in [0.1, 0.15) is 43.1 Å². The Balaban J connectivity index is 1.79. The Morgan fingerprint density at radius 2 is 1.98 bits per heavy atom. The number of oxazole rings is 1. The molecule has 1 unspecified atom stereocenters. The van der Waals surface area contributed by atoms with Gasteiger partial charge in [-0.2, -0.15) is 13.2 Å². The summed E-state index contributed by atoms with van der Waals surface area (Å²) in [4.78, 5) is 44.4. The lowest BCUT2D eigenvalue weighted by Crippen LogP contribution is -2.52. The standard InChI is InChI=1S/C26H24F3N3O7S/c1-13-18-21(33)32(25(2,3)23(34)35)24(36)31(22(18)40-19(13)20-30-9-11-38-20)12-16(39-17-8-10-37-17)14-6-4-5-7-15(14)26(27,28)29/h4-7,9,11,16-17H,8,10,12H2,1-3H3,(H,34,35)/t16-,17?/m0/s1. The Morgan fingerprint density at radius 1 is 1.27 bits per heavy atom. The van der Waals surface area contributed by atoms with E-state index in [1.165, 1.54) is 44.5 Å². The van der Waals surface area contributed by atoms with Gasteiger partial charge in [-0.15, -0.1) is 11.3 Å². The van der Waals surface area contributed by atoms with E-state index in [1.807, 2.05) is 0 Å². The summed E-state index contributed by atoms with van der Waals surface area (Å²) in [5.41, 5.74) is -4.67. The van der Waals surface area contributed by atoms with E-state index in [-0.39, 0.29) is 21.7 Å². The predicted molar refractivity (Wildman–Crippen MR) is 137 cm³/mol. The van der Waals surface area contributed by atoms with Gasteiger partial charge in [0, 0.05) is 6.42 Å². The lowest BCUT2D eigenvalue weighted by atomic mass is 10.0. The van der Waals surface area contributed by atoms with Gasteiger partial charge in [-0.3, -0.25) is 9.36 Å². The number of carboxylic acid groups (broad SMARTS) is 1. The molecule has 40 heavy (non-hydrogen) atoms. The van der Waals surface area contributed by atoms with Crippen LogP contribution in [0.15, 0.2) is 50.7 Å². The number of thiophene rings is 1. The first-order valence-corrected chi connectivity index (χ1v) is 13.0. The molecule has 14 heteroatoms. The maximum Gasteiger partial charge on any atom is 0.416 e. The molecule has 1 saturated heterocycles. The number of carbonyl (C=O) groups is 1. The molecule has 0 saturated carbocycles. The summed E-state index contributed by atoms with van der Waals surface area (Å²) in [6.07, 6.45) is -3.70. The van der Waals surface area contributed by atoms with Crippen LogP contribution in [0.4, 0.5) is 13.2 Å². The minimum Gasteiger partial charge on any atom is -0.480 e. The summed E-state index contributed by atoms with van der Waals surface area (Å²) in [6.45, 7) is 3.88. The fourth-order valence-electron chi connectivity index (χ4n) is 4.56. The Morgan fingerprint density at radius 3 is 2.55 bits per heavy atom. The van der Waals surface area contributed by atoms with Gasteiger partial charge in [-0.05, 0) is 38.0 Å². The molecule has 10 nitrogen and oxygen atoms in total. The SMILES string of the molecule is Cc1c(-c2ncco2)sc2c1c(=O)n(C(C)(C)C(=O)O)c(=O)n2C[C@H](OC1CCO1)c1ccccc1C(F)(F)F. The van der Waals surface area contributed by atoms with E-state index in [0.717, 1.165) is 22.0 Å². The zero-order valence-electron chi connectivity index (χ0n) is 21.5. The molecule has 0 bridgehead atoms. The van der Waals surface area contributed by atoms with Crippen LogP contribution in [-0.2, 0) is 32.5 Å². The summed E-state index contributed by atoms with van der Waals surface area (Å²) in [7, 11) is 0. The molecule has 0 spiro atoms. The van der Waals surface area contributed by atoms with Crippen molar-refractivity contribution in [1.29, 1.82) is 0 Å². The van der Waals surface area contributed by atoms with E-state index in [1.54, 1.807) is 6.92 Å².